The SMILES string of the molecule is CCCC(C)(CNC1CC1)CN1CCCC(CO)C1. The molecule has 2 rings (SSSR count). The van der Waals surface area contributed by atoms with E-state index in [1.807, 2.05) is 0 Å². The molecule has 3 heteroatoms. The molecule has 2 atom stereocenters. The first-order valence-corrected chi connectivity index (χ1v) is 8.22. The summed E-state index contributed by atoms with van der Waals surface area (Å²) in [4.78, 5) is 2.59. The lowest BCUT2D eigenvalue weighted by Crippen LogP contribution is -2.46. The molecule has 0 amide bonds. The molecule has 2 fully saturated rings. The zero-order valence-corrected chi connectivity index (χ0v) is 12.8. The summed E-state index contributed by atoms with van der Waals surface area (Å²) in [6, 6.07) is 0.808. The number of rotatable bonds is 8. The molecular formula is C16H32N2O. The van der Waals surface area contributed by atoms with Gasteiger partial charge in [0.1, 0.15) is 0 Å². The van der Waals surface area contributed by atoms with Crippen LogP contribution in [0.4, 0.5) is 0 Å². The zero-order chi connectivity index (χ0) is 13.7. The third kappa shape index (κ3) is 5.05. The Labute approximate surface area is 118 Å². The van der Waals surface area contributed by atoms with E-state index in [2.05, 4.69) is 24.1 Å². The maximum absolute atomic E-state index is 9.36. The highest BCUT2D eigenvalue weighted by molar-refractivity contribution is 4.88. The van der Waals surface area contributed by atoms with Gasteiger partial charge in [0.2, 0.25) is 0 Å². The molecule has 0 bridgehead atoms. The van der Waals surface area contributed by atoms with Gasteiger partial charge in [-0.1, -0.05) is 20.3 Å². The van der Waals surface area contributed by atoms with Gasteiger partial charge in [-0.2, -0.15) is 0 Å². The van der Waals surface area contributed by atoms with Gasteiger partial charge < -0.3 is 15.3 Å². The van der Waals surface area contributed by atoms with Gasteiger partial charge >= 0.3 is 0 Å². The van der Waals surface area contributed by atoms with E-state index in [4.69, 9.17) is 0 Å². The van der Waals surface area contributed by atoms with E-state index in [1.165, 1.54) is 51.6 Å². The fourth-order valence-electron chi connectivity index (χ4n) is 3.49. The highest BCUT2D eigenvalue weighted by Crippen LogP contribution is 2.28. The topological polar surface area (TPSA) is 35.5 Å². The lowest BCUT2D eigenvalue weighted by Gasteiger charge is -2.39. The van der Waals surface area contributed by atoms with Gasteiger partial charge in [0, 0.05) is 32.3 Å². The fourth-order valence-corrected chi connectivity index (χ4v) is 3.49. The summed E-state index contributed by atoms with van der Waals surface area (Å²) in [7, 11) is 0. The number of likely N-dealkylation sites (tertiary alicyclic amines) is 1. The van der Waals surface area contributed by atoms with E-state index in [9.17, 15) is 5.11 Å². The van der Waals surface area contributed by atoms with Crippen LogP contribution in [0.5, 0.6) is 0 Å². The van der Waals surface area contributed by atoms with Crippen LogP contribution in [0.15, 0.2) is 0 Å². The summed E-state index contributed by atoms with van der Waals surface area (Å²) < 4.78 is 0. The van der Waals surface area contributed by atoms with Crippen molar-refractivity contribution in [3.8, 4) is 0 Å². The van der Waals surface area contributed by atoms with Crippen molar-refractivity contribution in [2.45, 2.75) is 58.4 Å². The van der Waals surface area contributed by atoms with Crippen LogP contribution in [0.2, 0.25) is 0 Å². The minimum absolute atomic E-state index is 0.362. The quantitative estimate of drug-likeness (QED) is 0.709. The van der Waals surface area contributed by atoms with Crippen molar-refractivity contribution in [2.75, 3.05) is 32.8 Å². The number of hydrogen-bond acceptors (Lipinski definition) is 3. The molecule has 1 aliphatic heterocycles. The molecule has 3 nitrogen and oxygen atoms in total. The number of aliphatic hydroxyl groups is 1. The number of nitrogens with one attached hydrogen (secondary N) is 1. The summed E-state index contributed by atoms with van der Waals surface area (Å²) in [6.45, 7) is 9.76. The van der Waals surface area contributed by atoms with E-state index in [1.54, 1.807) is 0 Å². The van der Waals surface area contributed by atoms with E-state index in [-0.39, 0.29) is 0 Å². The van der Waals surface area contributed by atoms with Crippen molar-refractivity contribution >= 4 is 0 Å². The molecule has 1 saturated carbocycles. The predicted octanol–water partition coefficient (Wildman–Crippen LogP) is 2.25. The van der Waals surface area contributed by atoms with E-state index < -0.39 is 0 Å². The van der Waals surface area contributed by atoms with E-state index >= 15 is 0 Å². The molecule has 0 aromatic heterocycles. The molecule has 2 aliphatic rings. The van der Waals surface area contributed by atoms with Gasteiger partial charge in [-0.25, -0.2) is 0 Å². The van der Waals surface area contributed by atoms with Gasteiger partial charge in [0.05, 0.1) is 0 Å². The Balaban J connectivity index is 1.82. The Kier molecular flexibility index (Phi) is 5.67. The Bertz CT molecular complexity index is 267. The van der Waals surface area contributed by atoms with Crippen LogP contribution in [-0.2, 0) is 0 Å². The average Bonchev–Trinajstić information content (AvgIpc) is 3.21. The van der Waals surface area contributed by atoms with Crippen LogP contribution in [-0.4, -0.2) is 48.8 Å². The van der Waals surface area contributed by atoms with E-state index in [0.717, 1.165) is 19.1 Å². The van der Waals surface area contributed by atoms with Crippen molar-refractivity contribution in [3.63, 3.8) is 0 Å². The Morgan fingerprint density at radius 2 is 2.11 bits per heavy atom. The highest BCUT2D eigenvalue weighted by atomic mass is 16.3. The van der Waals surface area contributed by atoms with Crippen LogP contribution >= 0.6 is 0 Å². The summed E-state index contributed by atoms with van der Waals surface area (Å²) in [5, 5.41) is 13.1. The van der Waals surface area contributed by atoms with Crippen molar-refractivity contribution in [3.05, 3.63) is 0 Å². The van der Waals surface area contributed by atoms with Crippen LogP contribution in [0, 0.1) is 11.3 Å². The number of piperidine rings is 1. The summed E-state index contributed by atoms with van der Waals surface area (Å²) in [5.41, 5.74) is 0.398. The zero-order valence-electron chi connectivity index (χ0n) is 12.8. The fraction of sp³-hybridized carbons (Fsp3) is 1.00. The molecule has 1 saturated heterocycles. The van der Waals surface area contributed by atoms with Crippen LogP contribution in [0.25, 0.3) is 0 Å². The molecule has 19 heavy (non-hydrogen) atoms. The standard InChI is InChI=1S/C16H32N2O/c1-3-8-16(2,12-17-15-6-7-15)13-18-9-4-5-14(10-18)11-19/h14-15,17,19H,3-13H2,1-2H3. The van der Waals surface area contributed by atoms with Crippen LogP contribution in [0.3, 0.4) is 0 Å². The molecule has 2 N–H and O–H groups in total. The molecule has 112 valence electrons. The second-order valence-corrected chi connectivity index (χ2v) is 7.14. The average molecular weight is 268 g/mol. The lowest BCUT2D eigenvalue weighted by atomic mass is 9.83. The van der Waals surface area contributed by atoms with Crippen molar-refractivity contribution in [1.29, 1.82) is 0 Å². The number of nitrogens with zero attached hydrogens (tertiary/aromatic N) is 1. The number of hydrogen-bond donors (Lipinski definition) is 2. The van der Waals surface area contributed by atoms with Crippen molar-refractivity contribution in [1.82, 2.24) is 10.2 Å². The minimum Gasteiger partial charge on any atom is -0.396 e. The first-order chi connectivity index (χ1) is 9.15. The molecule has 0 spiro atoms. The normalized spacial score (nSPS) is 28.3. The van der Waals surface area contributed by atoms with Crippen LogP contribution < -0.4 is 5.32 Å². The molecule has 0 aromatic rings. The van der Waals surface area contributed by atoms with Gasteiger partial charge in [-0.15, -0.1) is 0 Å². The van der Waals surface area contributed by atoms with Crippen molar-refractivity contribution in [2.24, 2.45) is 11.3 Å². The molecular weight excluding hydrogens is 236 g/mol. The molecule has 0 radical (unpaired) electrons. The first kappa shape index (κ1) is 15.3. The maximum atomic E-state index is 9.36. The highest BCUT2D eigenvalue weighted by Gasteiger charge is 2.31. The molecule has 0 aromatic carbocycles. The number of aliphatic hydroxyl groups excluding tert-OH is 1. The first-order valence-electron chi connectivity index (χ1n) is 8.22. The molecule has 1 aliphatic carbocycles. The predicted molar refractivity (Wildman–Crippen MR) is 80.3 cm³/mol. The minimum atomic E-state index is 0.362. The summed E-state index contributed by atoms with van der Waals surface area (Å²) in [6.07, 6.45) is 7.77. The maximum Gasteiger partial charge on any atom is 0.0471 e. The van der Waals surface area contributed by atoms with E-state index in [0.29, 0.717) is 17.9 Å². The van der Waals surface area contributed by atoms with Crippen molar-refractivity contribution < 1.29 is 5.11 Å². The Morgan fingerprint density at radius 3 is 2.74 bits per heavy atom. The third-order valence-corrected chi connectivity index (χ3v) is 4.72. The van der Waals surface area contributed by atoms with Crippen LogP contribution in [0.1, 0.15) is 52.4 Å². The van der Waals surface area contributed by atoms with Gasteiger partial charge in [0.25, 0.3) is 0 Å². The molecule has 1 heterocycles. The summed E-state index contributed by atoms with van der Waals surface area (Å²) in [5.74, 6) is 0.510. The third-order valence-electron chi connectivity index (χ3n) is 4.72. The second-order valence-electron chi connectivity index (χ2n) is 7.14. The van der Waals surface area contributed by atoms with Gasteiger partial charge in [-0.3, -0.25) is 0 Å². The molecule has 2 unspecified atom stereocenters. The second kappa shape index (κ2) is 7.05. The smallest absolute Gasteiger partial charge is 0.0471 e. The monoisotopic (exact) mass is 268 g/mol. The Morgan fingerprint density at radius 1 is 1.32 bits per heavy atom. The Hall–Kier alpha value is -0.120. The largest absolute Gasteiger partial charge is 0.396 e. The lowest BCUT2D eigenvalue weighted by molar-refractivity contribution is 0.0792. The summed E-state index contributed by atoms with van der Waals surface area (Å²) >= 11 is 0. The van der Waals surface area contributed by atoms with Gasteiger partial charge in [-0.05, 0) is 50.0 Å². The van der Waals surface area contributed by atoms with Gasteiger partial charge in [0.15, 0.2) is 0 Å².